The van der Waals surface area contributed by atoms with E-state index in [-0.39, 0.29) is 11.7 Å². The van der Waals surface area contributed by atoms with Gasteiger partial charge in [0.05, 0.1) is 21.1 Å². The smallest absolute Gasteiger partial charge is 0.318 e. The third-order valence-corrected chi connectivity index (χ3v) is 7.91. The lowest BCUT2D eigenvalue weighted by Gasteiger charge is -2.34. The average molecular weight is 471 g/mol. The summed E-state index contributed by atoms with van der Waals surface area (Å²) in [5.41, 5.74) is -0.238. The predicted octanol–water partition coefficient (Wildman–Crippen LogP) is 8.54. The van der Waals surface area contributed by atoms with Gasteiger partial charge in [-0.2, -0.15) is 0 Å². The molecular weight excluding hydrogens is 413 g/mol. The molecule has 0 bridgehead atoms. The van der Waals surface area contributed by atoms with Crippen LogP contribution in [-0.2, 0) is 4.57 Å². The minimum absolute atomic E-state index is 0.207. The van der Waals surface area contributed by atoms with E-state index in [2.05, 4.69) is 40.2 Å². The highest BCUT2D eigenvalue weighted by Crippen LogP contribution is 2.29. The number of nitrogens with zero attached hydrogens (tertiary/aromatic N) is 1. The summed E-state index contributed by atoms with van der Waals surface area (Å²) in [5, 5.41) is 0. The molecule has 0 N–H and O–H groups in total. The van der Waals surface area contributed by atoms with E-state index in [1.807, 2.05) is 6.92 Å². The molecule has 0 rings (SSSR count). The van der Waals surface area contributed by atoms with Gasteiger partial charge < -0.3 is 9.38 Å². The highest BCUT2D eigenvalue weighted by molar-refractivity contribution is 7.37. The van der Waals surface area contributed by atoms with Crippen molar-refractivity contribution in [3.8, 4) is 0 Å². The van der Waals surface area contributed by atoms with Crippen molar-refractivity contribution in [3.63, 3.8) is 0 Å². The molecule has 0 aliphatic carbocycles. The lowest BCUT2D eigenvalue weighted by molar-refractivity contribution is -0.896. The fraction of sp³-hybridized carbons (Fsp3) is 0.929. The van der Waals surface area contributed by atoms with E-state index < -0.39 is 8.03 Å². The van der Waals surface area contributed by atoms with Gasteiger partial charge in [0.25, 0.3) is 0 Å². The Labute approximate surface area is 202 Å². The van der Waals surface area contributed by atoms with Crippen molar-refractivity contribution in [3.05, 3.63) is 12.2 Å². The van der Waals surface area contributed by atoms with Gasteiger partial charge in [0.2, 0.25) is 5.66 Å². The number of rotatable bonds is 23. The number of unbranched alkanes of at least 4 members (excludes halogenated alkanes) is 16. The third kappa shape index (κ3) is 19.2. The van der Waals surface area contributed by atoms with E-state index >= 15 is 0 Å². The van der Waals surface area contributed by atoms with Crippen LogP contribution in [-0.4, -0.2) is 37.3 Å². The molecule has 0 saturated heterocycles. The molecule has 0 aliphatic heterocycles. The van der Waals surface area contributed by atoms with Crippen LogP contribution in [0.25, 0.3) is 0 Å². The zero-order valence-corrected chi connectivity index (χ0v) is 23.3. The first-order chi connectivity index (χ1) is 15.3. The molecule has 3 unspecified atom stereocenters. The van der Waals surface area contributed by atoms with Crippen molar-refractivity contribution in [2.75, 3.05) is 21.1 Å². The van der Waals surface area contributed by atoms with Crippen LogP contribution >= 0.6 is 8.03 Å². The Bertz CT molecular complexity index is 459. The molecule has 0 heterocycles. The van der Waals surface area contributed by atoms with Crippen LogP contribution in [0.3, 0.4) is 0 Å². The minimum atomic E-state index is -2.33. The molecular formula is C28H57NO2P+. The molecule has 0 fully saturated rings. The van der Waals surface area contributed by atoms with Crippen LogP contribution in [0, 0.1) is 0 Å². The van der Waals surface area contributed by atoms with E-state index in [1.165, 1.54) is 109 Å². The van der Waals surface area contributed by atoms with Crippen LogP contribution in [0.2, 0.25) is 0 Å². The second-order valence-electron chi connectivity index (χ2n) is 10.9. The van der Waals surface area contributed by atoms with Crippen molar-refractivity contribution in [1.82, 2.24) is 0 Å². The average Bonchev–Trinajstić information content (AvgIpc) is 2.73. The molecule has 32 heavy (non-hydrogen) atoms. The molecule has 3 nitrogen and oxygen atoms in total. The van der Waals surface area contributed by atoms with Crippen molar-refractivity contribution in [2.24, 2.45) is 0 Å². The van der Waals surface area contributed by atoms with Gasteiger partial charge in [-0.3, -0.25) is 0 Å². The van der Waals surface area contributed by atoms with Crippen LogP contribution in [0.4, 0.5) is 0 Å². The number of hydrogen-bond acceptors (Lipinski definition) is 2. The first kappa shape index (κ1) is 31.8. The second kappa shape index (κ2) is 21.3. The SMILES string of the molecule is CCCCCCCCCCC/C=C\CCCCCCCCCC(C(C)[P+](=O)[O-])[N+](C)(C)C. The number of quaternary nitrogens is 1. The first-order valence-corrected chi connectivity index (χ1v) is 15.1. The molecule has 0 spiro atoms. The summed E-state index contributed by atoms with van der Waals surface area (Å²) in [5.74, 6) is 0. The summed E-state index contributed by atoms with van der Waals surface area (Å²) in [6, 6.07) is 0.207. The van der Waals surface area contributed by atoms with Gasteiger partial charge in [0.1, 0.15) is 6.04 Å². The van der Waals surface area contributed by atoms with Gasteiger partial charge in [-0.1, -0.05) is 107 Å². The van der Waals surface area contributed by atoms with E-state index in [1.54, 1.807) is 0 Å². The summed E-state index contributed by atoms with van der Waals surface area (Å²) in [4.78, 5) is 11.4. The van der Waals surface area contributed by atoms with E-state index in [0.29, 0.717) is 0 Å². The molecule has 3 atom stereocenters. The molecule has 0 aromatic heterocycles. The molecule has 4 heteroatoms. The maximum absolute atomic E-state index is 11.4. The molecule has 0 aromatic carbocycles. The van der Waals surface area contributed by atoms with Gasteiger partial charge in [0.15, 0.2) is 0 Å². The van der Waals surface area contributed by atoms with Gasteiger partial charge in [-0.25, -0.2) is 0 Å². The molecule has 0 aromatic rings. The summed E-state index contributed by atoms with van der Waals surface area (Å²) in [6.07, 6.45) is 30.0. The Balaban J connectivity index is 3.47. The van der Waals surface area contributed by atoms with Gasteiger partial charge in [0, 0.05) is 6.42 Å². The largest absolute Gasteiger partial charge is 0.595 e. The summed E-state index contributed by atoms with van der Waals surface area (Å²) in [6.45, 7) is 4.15. The van der Waals surface area contributed by atoms with Gasteiger partial charge in [-0.15, -0.1) is 0 Å². The predicted molar refractivity (Wildman–Crippen MR) is 141 cm³/mol. The van der Waals surface area contributed by atoms with Crippen molar-refractivity contribution in [1.29, 1.82) is 0 Å². The second-order valence-corrected chi connectivity index (χ2v) is 12.2. The summed E-state index contributed by atoms with van der Waals surface area (Å²) >= 11 is 0. The normalized spacial score (nSPS) is 14.8. The van der Waals surface area contributed by atoms with Crippen LogP contribution < -0.4 is 4.89 Å². The highest BCUT2D eigenvalue weighted by atomic mass is 31.1. The van der Waals surface area contributed by atoms with Gasteiger partial charge >= 0.3 is 8.03 Å². The summed E-state index contributed by atoms with van der Waals surface area (Å²) < 4.78 is 12.2. The Morgan fingerprint density at radius 1 is 0.688 bits per heavy atom. The van der Waals surface area contributed by atoms with E-state index in [0.717, 1.165) is 17.3 Å². The fourth-order valence-electron chi connectivity index (χ4n) is 4.72. The zero-order valence-electron chi connectivity index (χ0n) is 22.5. The van der Waals surface area contributed by atoms with E-state index in [9.17, 15) is 9.46 Å². The van der Waals surface area contributed by atoms with Crippen LogP contribution in [0.1, 0.15) is 136 Å². The number of hydrogen-bond donors (Lipinski definition) is 0. The van der Waals surface area contributed by atoms with Crippen molar-refractivity contribution >= 4 is 8.03 Å². The lowest BCUT2D eigenvalue weighted by Crippen LogP contribution is -2.50. The molecule has 0 aliphatic rings. The Kier molecular flexibility index (Phi) is 21.1. The first-order valence-electron chi connectivity index (χ1n) is 13.9. The molecule has 0 saturated carbocycles. The minimum Gasteiger partial charge on any atom is -0.595 e. The van der Waals surface area contributed by atoms with Crippen LogP contribution in [0.5, 0.6) is 0 Å². The Morgan fingerprint density at radius 2 is 1.06 bits per heavy atom. The molecule has 0 radical (unpaired) electrons. The maximum atomic E-state index is 11.4. The molecule has 190 valence electrons. The highest BCUT2D eigenvalue weighted by Gasteiger charge is 2.36. The summed E-state index contributed by atoms with van der Waals surface area (Å²) in [7, 11) is 4.01. The fourth-order valence-corrected chi connectivity index (χ4v) is 5.55. The van der Waals surface area contributed by atoms with Crippen molar-refractivity contribution < 1.29 is 13.9 Å². The standard InChI is InChI=1S/C28H57NO2P/c1-6-7-8-9-10-11-12-13-14-15-16-17-18-19-20-21-22-23-24-25-26-28(29(3,4)5)27(2)32(30)31/h16-17,27-28H,6-15,18-26H2,1-5H3/q+1/b17-16-. The number of allylic oxidation sites excluding steroid dienone is 2. The third-order valence-electron chi connectivity index (χ3n) is 6.90. The lowest BCUT2D eigenvalue weighted by atomic mass is 10.0. The van der Waals surface area contributed by atoms with E-state index in [4.69, 9.17) is 0 Å². The van der Waals surface area contributed by atoms with Crippen LogP contribution in [0.15, 0.2) is 12.2 Å². The van der Waals surface area contributed by atoms with Crippen molar-refractivity contribution in [2.45, 2.75) is 148 Å². The monoisotopic (exact) mass is 470 g/mol. The van der Waals surface area contributed by atoms with Gasteiger partial charge in [-0.05, 0) is 39.0 Å². The quantitative estimate of drug-likeness (QED) is 0.0649. The zero-order chi connectivity index (χ0) is 24.1. The molecule has 0 amide bonds. The maximum Gasteiger partial charge on any atom is 0.318 e. The topological polar surface area (TPSA) is 40.1 Å². The Morgan fingerprint density at radius 3 is 1.44 bits per heavy atom. The Hall–Kier alpha value is -0.240.